The number of aromatic nitrogens is 4. The highest BCUT2D eigenvalue weighted by molar-refractivity contribution is 5.93. The maximum Gasteiger partial charge on any atom is 0.333 e. The molecule has 1 aromatic carbocycles. The van der Waals surface area contributed by atoms with Crippen LogP contribution < -0.4 is 10.7 Å². The smallest absolute Gasteiger partial charge is 0.333 e. The lowest BCUT2D eigenvalue weighted by atomic mass is 10.2. The summed E-state index contributed by atoms with van der Waals surface area (Å²) in [5, 5.41) is 11.9. The maximum absolute atomic E-state index is 12.3. The third-order valence-electron chi connectivity index (χ3n) is 5.54. The van der Waals surface area contributed by atoms with Gasteiger partial charge in [-0.3, -0.25) is 15.4 Å². The second-order valence-corrected chi connectivity index (χ2v) is 7.73. The second kappa shape index (κ2) is 8.42. The van der Waals surface area contributed by atoms with Gasteiger partial charge < -0.3 is 15.0 Å². The van der Waals surface area contributed by atoms with Gasteiger partial charge in [-0.1, -0.05) is 6.07 Å². The molecule has 5 rings (SSSR count). The van der Waals surface area contributed by atoms with Crippen LogP contribution in [0.4, 0.5) is 10.5 Å². The molecular formula is C20H26N8O2. The molecule has 4 N–H and O–H groups in total. The number of imidazole rings is 1. The molecule has 2 aliphatic rings. The zero-order valence-electron chi connectivity index (χ0n) is 16.8. The molecule has 2 aromatic heterocycles. The molecule has 10 heteroatoms. The SMILES string of the molecule is O=C(Nc1c[nH]nc1-c1nc2cc(CN3CCOCC3)ccc2[nH]1)NN1CCCC1. The molecule has 2 fully saturated rings. The van der Waals surface area contributed by atoms with Crippen molar-refractivity contribution in [2.75, 3.05) is 44.7 Å². The van der Waals surface area contributed by atoms with Crippen molar-refractivity contribution in [3.05, 3.63) is 30.0 Å². The van der Waals surface area contributed by atoms with E-state index < -0.39 is 0 Å². The van der Waals surface area contributed by atoms with Crippen LogP contribution in [0.3, 0.4) is 0 Å². The molecule has 2 saturated heterocycles. The number of nitrogens with one attached hydrogen (secondary N) is 4. The van der Waals surface area contributed by atoms with Gasteiger partial charge in [-0.05, 0) is 30.5 Å². The molecule has 0 radical (unpaired) electrons. The first-order valence-corrected chi connectivity index (χ1v) is 10.4. The number of hydrogen-bond acceptors (Lipinski definition) is 6. The minimum atomic E-state index is -0.275. The molecule has 158 valence electrons. The molecule has 0 saturated carbocycles. The van der Waals surface area contributed by atoms with Crippen LogP contribution in [0.15, 0.2) is 24.4 Å². The number of hydrazine groups is 1. The number of aromatic amines is 2. The zero-order valence-corrected chi connectivity index (χ0v) is 16.8. The molecule has 4 heterocycles. The Morgan fingerprint density at radius 1 is 1.17 bits per heavy atom. The minimum absolute atomic E-state index is 0.275. The Morgan fingerprint density at radius 3 is 2.83 bits per heavy atom. The normalized spacial score (nSPS) is 18.1. The van der Waals surface area contributed by atoms with Gasteiger partial charge >= 0.3 is 6.03 Å². The van der Waals surface area contributed by atoms with Crippen molar-refractivity contribution in [1.29, 1.82) is 0 Å². The summed E-state index contributed by atoms with van der Waals surface area (Å²) in [5.74, 6) is 0.617. The number of anilines is 1. The Labute approximate surface area is 173 Å². The summed E-state index contributed by atoms with van der Waals surface area (Å²) in [6.45, 7) is 6.11. The highest BCUT2D eigenvalue weighted by atomic mass is 16.5. The molecule has 10 nitrogen and oxygen atoms in total. The lowest BCUT2D eigenvalue weighted by molar-refractivity contribution is 0.0342. The molecule has 0 unspecified atom stereocenters. The summed E-state index contributed by atoms with van der Waals surface area (Å²) < 4.78 is 5.42. The van der Waals surface area contributed by atoms with E-state index in [9.17, 15) is 4.79 Å². The van der Waals surface area contributed by atoms with Crippen LogP contribution in [-0.2, 0) is 11.3 Å². The van der Waals surface area contributed by atoms with Gasteiger partial charge in [0, 0.05) is 38.9 Å². The molecule has 3 aromatic rings. The van der Waals surface area contributed by atoms with Gasteiger partial charge in [0.1, 0.15) is 0 Å². The summed E-state index contributed by atoms with van der Waals surface area (Å²) in [4.78, 5) is 22.7. The summed E-state index contributed by atoms with van der Waals surface area (Å²) in [7, 11) is 0. The van der Waals surface area contributed by atoms with Gasteiger partial charge in [-0.25, -0.2) is 14.8 Å². The van der Waals surface area contributed by atoms with Crippen molar-refractivity contribution in [2.24, 2.45) is 0 Å². The van der Waals surface area contributed by atoms with Crippen molar-refractivity contribution >= 4 is 22.8 Å². The van der Waals surface area contributed by atoms with Crippen LogP contribution in [0.2, 0.25) is 0 Å². The average Bonchev–Trinajstić information content (AvgIpc) is 3.49. The number of amides is 2. The van der Waals surface area contributed by atoms with E-state index >= 15 is 0 Å². The number of carbonyl (C=O) groups excluding carboxylic acids is 1. The molecule has 0 atom stereocenters. The number of carbonyl (C=O) groups is 1. The molecule has 2 aliphatic heterocycles. The fraction of sp³-hybridized carbons (Fsp3) is 0.450. The van der Waals surface area contributed by atoms with E-state index in [1.54, 1.807) is 6.20 Å². The van der Waals surface area contributed by atoms with E-state index in [0.717, 1.165) is 69.8 Å². The Hall–Kier alpha value is -2.95. The van der Waals surface area contributed by atoms with Crippen LogP contribution in [0.1, 0.15) is 18.4 Å². The zero-order chi connectivity index (χ0) is 20.3. The first-order valence-electron chi connectivity index (χ1n) is 10.4. The molecule has 0 spiro atoms. The van der Waals surface area contributed by atoms with Crippen LogP contribution in [0, 0.1) is 0 Å². The Balaban J connectivity index is 1.31. The van der Waals surface area contributed by atoms with E-state index in [4.69, 9.17) is 9.72 Å². The van der Waals surface area contributed by atoms with Gasteiger partial charge in [0.25, 0.3) is 0 Å². The Bertz CT molecular complexity index is 1020. The number of fused-ring (bicyclic) bond motifs is 1. The van der Waals surface area contributed by atoms with Crippen LogP contribution in [-0.4, -0.2) is 75.5 Å². The summed E-state index contributed by atoms with van der Waals surface area (Å²) in [6, 6.07) is 5.99. The van der Waals surface area contributed by atoms with E-state index in [1.165, 1.54) is 5.56 Å². The van der Waals surface area contributed by atoms with Crippen molar-refractivity contribution < 1.29 is 9.53 Å². The maximum atomic E-state index is 12.3. The van der Waals surface area contributed by atoms with Crippen LogP contribution in [0.25, 0.3) is 22.6 Å². The third-order valence-corrected chi connectivity index (χ3v) is 5.54. The van der Waals surface area contributed by atoms with Gasteiger partial charge in [-0.2, -0.15) is 5.10 Å². The number of rotatable bonds is 5. The molecule has 2 amide bonds. The average molecular weight is 410 g/mol. The Kier molecular flexibility index (Phi) is 5.35. The van der Waals surface area contributed by atoms with Crippen molar-refractivity contribution in [1.82, 2.24) is 35.5 Å². The van der Waals surface area contributed by atoms with Gasteiger partial charge in [0.15, 0.2) is 11.5 Å². The largest absolute Gasteiger partial charge is 0.379 e. The van der Waals surface area contributed by atoms with Crippen LogP contribution in [0.5, 0.6) is 0 Å². The van der Waals surface area contributed by atoms with Gasteiger partial charge in [-0.15, -0.1) is 0 Å². The molecule has 30 heavy (non-hydrogen) atoms. The summed E-state index contributed by atoms with van der Waals surface area (Å²) in [5.41, 5.74) is 7.06. The highest BCUT2D eigenvalue weighted by Gasteiger charge is 2.18. The van der Waals surface area contributed by atoms with Crippen molar-refractivity contribution in [3.63, 3.8) is 0 Å². The number of H-pyrrole nitrogens is 2. The molecular weight excluding hydrogens is 384 g/mol. The molecule has 0 aliphatic carbocycles. The summed E-state index contributed by atoms with van der Waals surface area (Å²) in [6.07, 6.45) is 3.86. The lowest BCUT2D eigenvalue weighted by Crippen LogP contribution is -2.42. The van der Waals surface area contributed by atoms with Crippen molar-refractivity contribution in [3.8, 4) is 11.5 Å². The fourth-order valence-corrected chi connectivity index (χ4v) is 3.97. The Morgan fingerprint density at radius 2 is 2.00 bits per heavy atom. The van der Waals surface area contributed by atoms with Crippen LogP contribution >= 0.6 is 0 Å². The number of nitrogens with zero attached hydrogens (tertiary/aromatic N) is 4. The number of hydrogen-bond donors (Lipinski definition) is 4. The van der Waals surface area contributed by atoms with E-state index in [-0.39, 0.29) is 6.03 Å². The van der Waals surface area contributed by atoms with E-state index in [1.807, 2.05) is 11.1 Å². The second-order valence-electron chi connectivity index (χ2n) is 7.73. The quantitative estimate of drug-likeness (QED) is 0.511. The van der Waals surface area contributed by atoms with Crippen molar-refractivity contribution in [2.45, 2.75) is 19.4 Å². The minimum Gasteiger partial charge on any atom is -0.379 e. The standard InChI is InChI=1S/C20H26N8O2/c29-20(26-28-5-1-2-6-28)24-17-12-21-25-18(17)19-22-15-4-3-14(11-16(15)23-19)13-27-7-9-30-10-8-27/h3-4,11-12H,1-2,5-10,13H2,(H,21,25)(H,22,23)(H2,24,26,29). The summed E-state index contributed by atoms with van der Waals surface area (Å²) >= 11 is 0. The third kappa shape index (κ3) is 4.16. The van der Waals surface area contributed by atoms with E-state index in [0.29, 0.717) is 17.2 Å². The van der Waals surface area contributed by atoms with Gasteiger partial charge in [0.2, 0.25) is 0 Å². The number of urea groups is 1. The first-order chi connectivity index (χ1) is 14.7. The fourth-order valence-electron chi connectivity index (χ4n) is 3.97. The predicted molar refractivity (Wildman–Crippen MR) is 113 cm³/mol. The molecule has 0 bridgehead atoms. The number of ether oxygens (including phenoxy) is 1. The number of morpholine rings is 1. The number of benzene rings is 1. The highest BCUT2D eigenvalue weighted by Crippen LogP contribution is 2.26. The van der Waals surface area contributed by atoms with Gasteiger partial charge in [0.05, 0.1) is 29.9 Å². The predicted octanol–water partition coefficient (Wildman–Crippen LogP) is 1.92. The topological polar surface area (TPSA) is 114 Å². The monoisotopic (exact) mass is 410 g/mol. The lowest BCUT2D eigenvalue weighted by Gasteiger charge is -2.26. The van der Waals surface area contributed by atoms with E-state index in [2.05, 4.69) is 43.0 Å². The first kappa shape index (κ1) is 19.0.